The number of hydrogen-bond acceptors (Lipinski definition) is 3. The molecule has 4 nitrogen and oxygen atoms in total. The minimum atomic E-state index is -4.66. The predicted octanol–water partition coefficient (Wildman–Crippen LogP) is 4.10. The summed E-state index contributed by atoms with van der Waals surface area (Å²) in [4.78, 5) is 11.9. The van der Waals surface area contributed by atoms with Crippen LogP contribution in [-0.4, -0.2) is 5.91 Å². The fraction of sp³-hybridized carbons (Fsp3) is 0.0667. The van der Waals surface area contributed by atoms with Crippen molar-refractivity contribution in [2.45, 2.75) is 6.18 Å². The van der Waals surface area contributed by atoms with Gasteiger partial charge in [-0.1, -0.05) is 15.9 Å². The zero-order chi connectivity index (χ0) is 17.0. The van der Waals surface area contributed by atoms with Crippen molar-refractivity contribution in [2.75, 3.05) is 5.43 Å². The third-order valence-electron chi connectivity index (χ3n) is 2.87. The van der Waals surface area contributed by atoms with Gasteiger partial charge in [-0.2, -0.15) is 18.4 Å². The van der Waals surface area contributed by atoms with Gasteiger partial charge in [-0.15, -0.1) is 0 Å². The summed E-state index contributed by atoms with van der Waals surface area (Å²) in [6.07, 6.45) is -4.66. The molecular formula is C15H9BrF3N3O. The fourth-order valence-corrected chi connectivity index (χ4v) is 2.02. The Labute approximate surface area is 138 Å². The van der Waals surface area contributed by atoms with Gasteiger partial charge in [0.2, 0.25) is 0 Å². The van der Waals surface area contributed by atoms with Crippen LogP contribution in [0.5, 0.6) is 0 Å². The van der Waals surface area contributed by atoms with Crippen molar-refractivity contribution >= 4 is 27.5 Å². The highest BCUT2D eigenvalue weighted by atomic mass is 79.9. The van der Waals surface area contributed by atoms with Crippen LogP contribution in [0.3, 0.4) is 0 Å². The van der Waals surface area contributed by atoms with Crippen LogP contribution in [0.1, 0.15) is 21.5 Å². The quantitative estimate of drug-likeness (QED) is 0.784. The van der Waals surface area contributed by atoms with Gasteiger partial charge in [0, 0.05) is 10.0 Å². The standard InChI is InChI=1S/C15H9BrF3N3O/c16-11-4-2-10(3-5-11)14(23)22-21-13-6-1-9(8-20)7-12(13)15(17,18)19/h1-7,21H,(H,22,23). The summed E-state index contributed by atoms with van der Waals surface area (Å²) < 4.78 is 39.7. The van der Waals surface area contributed by atoms with E-state index in [1.807, 2.05) is 0 Å². The van der Waals surface area contributed by atoms with Crippen LogP contribution >= 0.6 is 15.9 Å². The smallest absolute Gasteiger partial charge is 0.298 e. The van der Waals surface area contributed by atoms with E-state index in [2.05, 4.69) is 26.8 Å². The first-order valence-electron chi connectivity index (χ1n) is 6.24. The molecule has 118 valence electrons. The number of rotatable bonds is 3. The number of halogens is 4. The number of anilines is 1. The molecule has 2 aromatic carbocycles. The maximum absolute atomic E-state index is 13.0. The molecule has 2 rings (SSSR count). The number of nitrogens with one attached hydrogen (secondary N) is 2. The Hall–Kier alpha value is -2.53. The van der Waals surface area contributed by atoms with Crippen molar-refractivity contribution in [1.29, 1.82) is 5.26 Å². The number of hydrazine groups is 1. The summed E-state index contributed by atoms with van der Waals surface area (Å²) in [7, 11) is 0. The molecule has 0 saturated carbocycles. The molecule has 0 aliphatic carbocycles. The topological polar surface area (TPSA) is 64.9 Å². The van der Waals surface area contributed by atoms with E-state index in [1.54, 1.807) is 18.2 Å². The minimum Gasteiger partial charge on any atom is -0.298 e. The van der Waals surface area contributed by atoms with Crippen LogP contribution in [-0.2, 0) is 6.18 Å². The molecule has 0 aromatic heterocycles. The SMILES string of the molecule is N#Cc1ccc(NNC(=O)c2ccc(Br)cc2)c(C(F)(F)F)c1. The second kappa shape index (κ2) is 6.71. The molecule has 0 atom stereocenters. The van der Waals surface area contributed by atoms with E-state index in [4.69, 9.17) is 5.26 Å². The predicted molar refractivity (Wildman–Crippen MR) is 81.4 cm³/mol. The lowest BCUT2D eigenvalue weighted by Crippen LogP contribution is -2.30. The summed E-state index contributed by atoms with van der Waals surface area (Å²) in [6, 6.07) is 11.0. The van der Waals surface area contributed by atoms with Crippen LogP contribution in [0.25, 0.3) is 0 Å². The normalized spacial score (nSPS) is 10.7. The number of carbonyl (C=O) groups excluding carboxylic acids is 1. The first-order valence-corrected chi connectivity index (χ1v) is 7.04. The Morgan fingerprint density at radius 3 is 2.35 bits per heavy atom. The number of nitrogens with zero attached hydrogens (tertiary/aromatic N) is 1. The largest absolute Gasteiger partial charge is 0.418 e. The van der Waals surface area contributed by atoms with Crippen LogP contribution in [0.2, 0.25) is 0 Å². The molecule has 1 amide bonds. The third kappa shape index (κ3) is 4.23. The molecule has 0 unspecified atom stereocenters. The highest BCUT2D eigenvalue weighted by Gasteiger charge is 2.34. The molecule has 23 heavy (non-hydrogen) atoms. The van der Waals surface area contributed by atoms with Crippen LogP contribution in [0, 0.1) is 11.3 Å². The summed E-state index contributed by atoms with van der Waals surface area (Å²) in [5.74, 6) is -0.588. The zero-order valence-electron chi connectivity index (χ0n) is 11.4. The van der Waals surface area contributed by atoms with Crippen molar-refractivity contribution in [3.05, 3.63) is 63.6 Å². The van der Waals surface area contributed by atoms with Crippen molar-refractivity contribution in [3.8, 4) is 6.07 Å². The second-order valence-electron chi connectivity index (χ2n) is 4.46. The Bertz CT molecular complexity index is 767. The molecule has 2 N–H and O–H groups in total. The molecule has 2 aromatic rings. The van der Waals surface area contributed by atoms with Crippen LogP contribution in [0.4, 0.5) is 18.9 Å². The van der Waals surface area contributed by atoms with Crippen LogP contribution < -0.4 is 10.9 Å². The van der Waals surface area contributed by atoms with Crippen molar-refractivity contribution < 1.29 is 18.0 Å². The van der Waals surface area contributed by atoms with Gasteiger partial charge in [0.05, 0.1) is 22.9 Å². The molecule has 0 bridgehead atoms. The first-order chi connectivity index (χ1) is 10.8. The van der Waals surface area contributed by atoms with E-state index in [0.29, 0.717) is 6.07 Å². The molecule has 0 spiro atoms. The van der Waals surface area contributed by atoms with Gasteiger partial charge in [0.15, 0.2) is 0 Å². The molecule has 0 aliphatic rings. The molecule has 0 aliphatic heterocycles. The Kier molecular flexibility index (Phi) is 4.91. The molecule has 0 heterocycles. The maximum atomic E-state index is 13.0. The lowest BCUT2D eigenvalue weighted by Gasteiger charge is -2.15. The number of nitriles is 1. The summed E-state index contributed by atoms with van der Waals surface area (Å²) in [6.45, 7) is 0. The zero-order valence-corrected chi connectivity index (χ0v) is 13.0. The van der Waals surface area contributed by atoms with Gasteiger partial charge in [0.25, 0.3) is 5.91 Å². The van der Waals surface area contributed by atoms with E-state index < -0.39 is 17.6 Å². The summed E-state index contributed by atoms with van der Waals surface area (Å²) in [5.41, 5.74) is 3.22. The van der Waals surface area contributed by atoms with Crippen LogP contribution in [0.15, 0.2) is 46.9 Å². The average molecular weight is 384 g/mol. The lowest BCUT2D eigenvalue weighted by atomic mass is 10.1. The van der Waals surface area contributed by atoms with Crippen molar-refractivity contribution in [3.63, 3.8) is 0 Å². The number of alkyl halides is 3. The number of hydrogen-bond donors (Lipinski definition) is 2. The van der Waals surface area contributed by atoms with Gasteiger partial charge < -0.3 is 0 Å². The van der Waals surface area contributed by atoms with Gasteiger partial charge in [-0.25, -0.2) is 0 Å². The second-order valence-corrected chi connectivity index (χ2v) is 5.37. The van der Waals surface area contributed by atoms with E-state index in [0.717, 1.165) is 10.5 Å². The first kappa shape index (κ1) is 16.8. The van der Waals surface area contributed by atoms with Crippen molar-refractivity contribution in [2.24, 2.45) is 0 Å². The van der Waals surface area contributed by atoms with E-state index >= 15 is 0 Å². The summed E-state index contributed by atoms with van der Waals surface area (Å²) >= 11 is 3.22. The van der Waals surface area contributed by atoms with Gasteiger partial charge >= 0.3 is 6.18 Å². The monoisotopic (exact) mass is 383 g/mol. The van der Waals surface area contributed by atoms with Crippen molar-refractivity contribution in [1.82, 2.24) is 5.43 Å². The number of benzene rings is 2. The van der Waals surface area contributed by atoms with Gasteiger partial charge in [0.1, 0.15) is 0 Å². The Balaban J connectivity index is 2.19. The van der Waals surface area contributed by atoms with E-state index in [9.17, 15) is 18.0 Å². The van der Waals surface area contributed by atoms with E-state index in [1.165, 1.54) is 18.2 Å². The Morgan fingerprint density at radius 1 is 1.13 bits per heavy atom. The highest BCUT2D eigenvalue weighted by molar-refractivity contribution is 9.10. The highest BCUT2D eigenvalue weighted by Crippen LogP contribution is 2.35. The third-order valence-corrected chi connectivity index (χ3v) is 3.40. The Morgan fingerprint density at radius 2 is 1.78 bits per heavy atom. The molecule has 0 radical (unpaired) electrons. The lowest BCUT2D eigenvalue weighted by molar-refractivity contribution is -0.137. The molecule has 0 fully saturated rings. The molecule has 8 heteroatoms. The van der Waals surface area contributed by atoms with E-state index in [-0.39, 0.29) is 16.8 Å². The van der Waals surface area contributed by atoms with Gasteiger partial charge in [-0.3, -0.25) is 15.6 Å². The average Bonchev–Trinajstić information content (AvgIpc) is 2.52. The summed E-state index contributed by atoms with van der Waals surface area (Å²) in [5, 5.41) is 8.70. The van der Waals surface area contributed by atoms with Gasteiger partial charge in [-0.05, 0) is 42.5 Å². The fourth-order valence-electron chi connectivity index (χ4n) is 1.75. The maximum Gasteiger partial charge on any atom is 0.418 e. The number of amides is 1. The molecular weight excluding hydrogens is 375 g/mol. The molecule has 0 saturated heterocycles. The minimum absolute atomic E-state index is 0.123. The number of carbonyl (C=O) groups is 1.